The molecule has 2 aromatic rings. The first-order valence-corrected chi connectivity index (χ1v) is 7.73. The Morgan fingerprint density at radius 1 is 1.40 bits per heavy atom. The van der Waals surface area contributed by atoms with Crippen molar-refractivity contribution in [2.75, 3.05) is 7.05 Å². The van der Waals surface area contributed by atoms with Crippen molar-refractivity contribution in [3.05, 3.63) is 44.4 Å². The second-order valence-electron chi connectivity index (χ2n) is 4.73. The molecule has 0 saturated heterocycles. The van der Waals surface area contributed by atoms with Crippen molar-refractivity contribution in [1.82, 2.24) is 10.3 Å². The topological polar surface area (TPSA) is 34.1 Å². The summed E-state index contributed by atoms with van der Waals surface area (Å²) in [5.41, 5.74) is 2.14. The van der Waals surface area contributed by atoms with Gasteiger partial charge >= 0.3 is 0 Å². The van der Waals surface area contributed by atoms with Gasteiger partial charge in [0.05, 0.1) is 5.69 Å². The van der Waals surface area contributed by atoms with Crippen LogP contribution in [0.15, 0.2) is 18.2 Å². The predicted molar refractivity (Wildman–Crippen MR) is 84.8 cm³/mol. The van der Waals surface area contributed by atoms with Crippen molar-refractivity contribution in [1.29, 1.82) is 0 Å². The highest BCUT2D eigenvalue weighted by Gasteiger charge is 2.12. The molecular weight excluding hydrogens is 292 g/mol. The molecule has 1 N–H and O–H groups in total. The summed E-state index contributed by atoms with van der Waals surface area (Å²) in [7, 11) is 1.92. The number of thiazole rings is 1. The van der Waals surface area contributed by atoms with E-state index in [0.717, 1.165) is 27.0 Å². The van der Waals surface area contributed by atoms with Crippen molar-refractivity contribution in [3.63, 3.8) is 0 Å². The summed E-state index contributed by atoms with van der Waals surface area (Å²) in [6.07, 6.45) is 0. The van der Waals surface area contributed by atoms with Crippen LogP contribution in [0.2, 0.25) is 5.02 Å². The Morgan fingerprint density at radius 2 is 2.15 bits per heavy atom. The fraction of sp³-hybridized carbons (Fsp3) is 0.400. The molecule has 1 heterocycles. The van der Waals surface area contributed by atoms with Gasteiger partial charge in [-0.3, -0.25) is 0 Å². The average molecular weight is 311 g/mol. The summed E-state index contributed by atoms with van der Waals surface area (Å²) in [6.45, 7) is 6.67. The number of hydrogen-bond donors (Lipinski definition) is 1. The highest BCUT2D eigenvalue weighted by molar-refractivity contribution is 7.11. The molecule has 1 unspecified atom stereocenters. The van der Waals surface area contributed by atoms with E-state index in [2.05, 4.69) is 24.1 Å². The molecule has 5 heteroatoms. The van der Waals surface area contributed by atoms with Gasteiger partial charge in [0.15, 0.2) is 0 Å². The van der Waals surface area contributed by atoms with Gasteiger partial charge in [-0.2, -0.15) is 0 Å². The van der Waals surface area contributed by atoms with Gasteiger partial charge < -0.3 is 10.1 Å². The van der Waals surface area contributed by atoms with E-state index in [1.165, 1.54) is 4.88 Å². The minimum absolute atomic E-state index is 0.184. The second kappa shape index (κ2) is 6.57. The van der Waals surface area contributed by atoms with E-state index in [1.54, 1.807) is 11.3 Å². The quantitative estimate of drug-likeness (QED) is 0.895. The molecule has 0 radical (unpaired) electrons. The molecule has 108 valence electrons. The van der Waals surface area contributed by atoms with E-state index in [9.17, 15) is 0 Å². The Hall–Kier alpha value is -1.10. The number of benzene rings is 1. The van der Waals surface area contributed by atoms with E-state index in [0.29, 0.717) is 6.61 Å². The van der Waals surface area contributed by atoms with E-state index in [-0.39, 0.29) is 6.04 Å². The molecule has 0 bridgehead atoms. The molecule has 3 nitrogen and oxygen atoms in total. The number of ether oxygens (including phenoxy) is 1. The van der Waals surface area contributed by atoms with Crippen LogP contribution >= 0.6 is 22.9 Å². The molecule has 0 spiro atoms. The standard InChI is InChI=1S/C15H19ClN2OS/c1-9-11(3)20-15(18-9)8-19-14-6-5-12(16)7-13(14)10(2)17-4/h5-7,10,17H,8H2,1-4H3. The molecule has 1 aromatic carbocycles. The van der Waals surface area contributed by atoms with Gasteiger partial charge in [0.25, 0.3) is 0 Å². The van der Waals surface area contributed by atoms with Crippen LogP contribution in [0.3, 0.4) is 0 Å². The van der Waals surface area contributed by atoms with Crippen LogP contribution in [-0.4, -0.2) is 12.0 Å². The summed E-state index contributed by atoms with van der Waals surface area (Å²) in [4.78, 5) is 5.73. The zero-order valence-electron chi connectivity index (χ0n) is 12.2. The number of nitrogens with zero attached hydrogens (tertiary/aromatic N) is 1. The van der Waals surface area contributed by atoms with Gasteiger partial charge in [-0.25, -0.2) is 4.98 Å². The normalized spacial score (nSPS) is 12.4. The van der Waals surface area contributed by atoms with E-state index >= 15 is 0 Å². The van der Waals surface area contributed by atoms with Crippen molar-refractivity contribution in [2.45, 2.75) is 33.4 Å². The Bertz CT molecular complexity index is 578. The first-order valence-electron chi connectivity index (χ1n) is 6.53. The zero-order valence-corrected chi connectivity index (χ0v) is 13.7. The lowest BCUT2D eigenvalue weighted by atomic mass is 10.1. The summed E-state index contributed by atoms with van der Waals surface area (Å²) in [5, 5.41) is 4.92. The lowest BCUT2D eigenvalue weighted by Gasteiger charge is -2.16. The average Bonchev–Trinajstić information content (AvgIpc) is 2.75. The van der Waals surface area contributed by atoms with Gasteiger partial charge in [0, 0.05) is 21.5 Å². The molecule has 2 rings (SSSR count). The number of aryl methyl sites for hydroxylation is 2. The number of halogens is 1. The second-order valence-corrected chi connectivity index (χ2v) is 6.45. The number of hydrogen-bond acceptors (Lipinski definition) is 4. The monoisotopic (exact) mass is 310 g/mol. The fourth-order valence-corrected chi connectivity index (χ4v) is 2.91. The number of aromatic nitrogens is 1. The van der Waals surface area contributed by atoms with Crippen molar-refractivity contribution in [2.24, 2.45) is 0 Å². The molecule has 0 aliphatic carbocycles. The lowest BCUT2D eigenvalue weighted by Crippen LogP contribution is -2.13. The van der Waals surface area contributed by atoms with Gasteiger partial charge in [-0.1, -0.05) is 11.6 Å². The molecule has 1 atom stereocenters. The van der Waals surface area contributed by atoms with Gasteiger partial charge in [0.1, 0.15) is 17.4 Å². The SMILES string of the molecule is CNC(C)c1cc(Cl)ccc1OCc1nc(C)c(C)s1. The summed E-state index contributed by atoms with van der Waals surface area (Å²) in [6, 6.07) is 5.89. The van der Waals surface area contributed by atoms with Crippen molar-refractivity contribution >= 4 is 22.9 Å². The van der Waals surface area contributed by atoms with Crippen LogP contribution in [0.4, 0.5) is 0 Å². The maximum atomic E-state index is 6.07. The van der Waals surface area contributed by atoms with Gasteiger partial charge in [-0.15, -0.1) is 11.3 Å². The molecule has 0 aliphatic rings. The smallest absolute Gasteiger partial charge is 0.140 e. The third-order valence-electron chi connectivity index (χ3n) is 3.30. The van der Waals surface area contributed by atoms with Gasteiger partial charge in [-0.05, 0) is 46.0 Å². The number of nitrogens with one attached hydrogen (secondary N) is 1. The van der Waals surface area contributed by atoms with Crippen LogP contribution in [0.5, 0.6) is 5.75 Å². The lowest BCUT2D eigenvalue weighted by molar-refractivity contribution is 0.299. The molecule has 0 aliphatic heterocycles. The molecule has 1 aromatic heterocycles. The highest BCUT2D eigenvalue weighted by Crippen LogP contribution is 2.29. The Balaban J connectivity index is 2.16. The van der Waals surface area contributed by atoms with E-state index < -0.39 is 0 Å². The molecule has 0 amide bonds. The minimum Gasteiger partial charge on any atom is -0.486 e. The minimum atomic E-state index is 0.184. The molecular formula is C15H19ClN2OS. The van der Waals surface area contributed by atoms with Gasteiger partial charge in [0.2, 0.25) is 0 Å². The Labute approximate surface area is 129 Å². The Morgan fingerprint density at radius 3 is 2.75 bits per heavy atom. The number of rotatable bonds is 5. The van der Waals surface area contributed by atoms with E-state index in [4.69, 9.17) is 16.3 Å². The van der Waals surface area contributed by atoms with Crippen molar-refractivity contribution < 1.29 is 4.74 Å². The fourth-order valence-electron chi connectivity index (χ4n) is 1.89. The van der Waals surface area contributed by atoms with Crippen LogP contribution in [-0.2, 0) is 6.61 Å². The van der Waals surface area contributed by atoms with Crippen LogP contribution in [0, 0.1) is 13.8 Å². The third kappa shape index (κ3) is 3.51. The third-order valence-corrected chi connectivity index (χ3v) is 4.58. The first-order chi connectivity index (χ1) is 9.51. The van der Waals surface area contributed by atoms with Crippen molar-refractivity contribution in [3.8, 4) is 5.75 Å². The first kappa shape index (κ1) is 15.3. The van der Waals surface area contributed by atoms with Crippen LogP contribution in [0.1, 0.15) is 34.1 Å². The molecule has 0 fully saturated rings. The van der Waals surface area contributed by atoms with E-state index in [1.807, 2.05) is 32.2 Å². The zero-order chi connectivity index (χ0) is 14.7. The summed E-state index contributed by atoms with van der Waals surface area (Å²) < 4.78 is 5.92. The molecule has 0 saturated carbocycles. The van der Waals surface area contributed by atoms with Crippen LogP contribution in [0.25, 0.3) is 0 Å². The maximum absolute atomic E-state index is 6.07. The summed E-state index contributed by atoms with van der Waals surface area (Å²) >= 11 is 7.74. The van der Waals surface area contributed by atoms with Crippen LogP contribution < -0.4 is 10.1 Å². The Kier molecular flexibility index (Phi) is 5.02. The maximum Gasteiger partial charge on any atom is 0.140 e. The molecule has 20 heavy (non-hydrogen) atoms. The predicted octanol–water partition coefficient (Wildman–Crippen LogP) is 4.27. The summed E-state index contributed by atoms with van der Waals surface area (Å²) in [5.74, 6) is 0.849. The largest absolute Gasteiger partial charge is 0.486 e. The highest BCUT2D eigenvalue weighted by atomic mass is 35.5.